The minimum absolute atomic E-state index is 0.0272. The molecule has 6 nitrogen and oxygen atoms in total. The molecule has 18 heavy (non-hydrogen) atoms. The van der Waals surface area contributed by atoms with Gasteiger partial charge >= 0.3 is 0 Å². The van der Waals surface area contributed by atoms with Crippen molar-refractivity contribution >= 4 is 11.7 Å². The fourth-order valence-electron chi connectivity index (χ4n) is 1.80. The van der Waals surface area contributed by atoms with Crippen LogP contribution in [-0.2, 0) is 14.3 Å². The number of rotatable bonds is 5. The number of nitrogens with one attached hydrogen (secondary N) is 1. The maximum Gasteiger partial charge on any atom is 0.296 e. The molecule has 1 N–H and O–H groups in total. The molecular weight excluding hydrogens is 238 g/mol. The molecular formula is C12H15NO5. The summed E-state index contributed by atoms with van der Waals surface area (Å²) in [5, 5.41) is 2.60. The van der Waals surface area contributed by atoms with Crippen LogP contribution in [0.4, 0.5) is 0 Å². The molecule has 1 aliphatic heterocycles. The Bertz CT molecular complexity index is 414. The molecule has 0 radical (unpaired) electrons. The molecule has 6 heteroatoms. The van der Waals surface area contributed by atoms with E-state index in [1.54, 1.807) is 6.07 Å². The zero-order valence-corrected chi connectivity index (χ0v) is 10.0. The lowest BCUT2D eigenvalue weighted by Gasteiger charge is -2.18. The van der Waals surface area contributed by atoms with Gasteiger partial charge in [-0.2, -0.15) is 0 Å². The highest BCUT2D eigenvalue weighted by atomic mass is 16.5. The molecule has 1 amide bonds. The van der Waals surface area contributed by atoms with Gasteiger partial charge in [-0.05, 0) is 19.1 Å². The number of ketones is 1. The topological polar surface area (TPSA) is 77.8 Å². The lowest BCUT2D eigenvalue weighted by molar-refractivity contribution is -0.118. The van der Waals surface area contributed by atoms with E-state index in [0.717, 1.165) is 0 Å². The van der Waals surface area contributed by atoms with Crippen LogP contribution in [0.3, 0.4) is 0 Å². The van der Waals surface area contributed by atoms with Crippen LogP contribution in [-0.4, -0.2) is 43.7 Å². The van der Waals surface area contributed by atoms with Crippen molar-refractivity contribution in [2.45, 2.75) is 19.1 Å². The molecule has 0 bridgehead atoms. The van der Waals surface area contributed by atoms with Gasteiger partial charge in [-0.25, -0.2) is 0 Å². The maximum absolute atomic E-state index is 11.7. The van der Waals surface area contributed by atoms with Crippen molar-refractivity contribution in [3.05, 3.63) is 24.2 Å². The van der Waals surface area contributed by atoms with E-state index in [4.69, 9.17) is 13.9 Å². The molecule has 1 aromatic heterocycles. The minimum atomic E-state index is -0.704. The number of hydrogen-bond acceptors (Lipinski definition) is 5. The Hall–Kier alpha value is -1.66. The Balaban J connectivity index is 1.93. The second-order valence-electron chi connectivity index (χ2n) is 3.92. The van der Waals surface area contributed by atoms with Gasteiger partial charge in [0.15, 0.2) is 5.76 Å². The number of hydrogen-bond donors (Lipinski definition) is 1. The summed E-state index contributed by atoms with van der Waals surface area (Å²) in [4.78, 5) is 23.4. The summed E-state index contributed by atoms with van der Waals surface area (Å²) in [5.74, 6) is -1.37. The highest BCUT2D eigenvalue weighted by Crippen LogP contribution is 2.10. The number of carbonyl (C=O) groups excluding carboxylic acids is 2. The summed E-state index contributed by atoms with van der Waals surface area (Å²) in [5.41, 5.74) is 0. The first-order chi connectivity index (χ1) is 8.72. The van der Waals surface area contributed by atoms with Gasteiger partial charge in [-0.1, -0.05) is 0 Å². The number of Topliss-reactive ketones (excluding diaryl/α,β-unsaturated/α-hetero) is 1. The van der Waals surface area contributed by atoms with E-state index in [1.807, 2.05) is 6.92 Å². The van der Waals surface area contributed by atoms with E-state index < -0.39 is 11.7 Å². The van der Waals surface area contributed by atoms with Crippen LogP contribution >= 0.6 is 0 Å². The van der Waals surface area contributed by atoms with Gasteiger partial charge in [0.05, 0.1) is 25.5 Å². The van der Waals surface area contributed by atoms with Crippen molar-refractivity contribution in [2.24, 2.45) is 0 Å². The van der Waals surface area contributed by atoms with Gasteiger partial charge in [0, 0.05) is 6.61 Å². The summed E-state index contributed by atoms with van der Waals surface area (Å²) in [6.45, 7) is 3.17. The molecule has 0 spiro atoms. The Labute approximate surface area is 104 Å². The normalized spacial score (nSPS) is 22.9. The van der Waals surface area contributed by atoms with Crippen LogP contribution in [0.1, 0.15) is 17.5 Å². The van der Waals surface area contributed by atoms with Crippen molar-refractivity contribution in [1.82, 2.24) is 5.32 Å². The second kappa shape index (κ2) is 5.79. The Morgan fingerprint density at radius 3 is 3.00 bits per heavy atom. The average molecular weight is 253 g/mol. The molecule has 1 aliphatic rings. The molecule has 0 aliphatic carbocycles. The van der Waals surface area contributed by atoms with Crippen molar-refractivity contribution < 1.29 is 23.5 Å². The van der Waals surface area contributed by atoms with Crippen molar-refractivity contribution in [2.75, 3.05) is 19.8 Å². The minimum Gasteiger partial charge on any atom is -0.461 e. The lowest BCUT2D eigenvalue weighted by atomic mass is 10.2. The van der Waals surface area contributed by atoms with Crippen molar-refractivity contribution in [1.29, 1.82) is 0 Å². The van der Waals surface area contributed by atoms with Gasteiger partial charge < -0.3 is 19.2 Å². The van der Waals surface area contributed by atoms with Crippen molar-refractivity contribution in [3.8, 4) is 0 Å². The first-order valence-electron chi connectivity index (χ1n) is 5.80. The summed E-state index contributed by atoms with van der Waals surface area (Å²) in [7, 11) is 0. The highest BCUT2D eigenvalue weighted by Gasteiger charge is 2.32. The quantitative estimate of drug-likeness (QED) is 0.606. The van der Waals surface area contributed by atoms with E-state index in [-0.39, 0.29) is 17.9 Å². The summed E-state index contributed by atoms with van der Waals surface area (Å²) < 4.78 is 15.5. The SMILES string of the molecule is CCO[C@@H]1COC[C@H]1NC(=O)C(=O)c1ccco1. The molecule has 2 atom stereocenters. The zero-order chi connectivity index (χ0) is 13.0. The third-order valence-corrected chi connectivity index (χ3v) is 2.68. The Morgan fingerprint density at radius 2 is 2.33 bits per heavy atom. The molecule has 1 saturated heterocycles. The molecule has 2 heterocycles. The highest BCUT2D eigenvalue weighted by molar-refractivity contribution is 6.42. The average Bonchev–Trinajstić information content (AvgIpc) is 3.00. The van der Waals surface area contributed by atoms with Gasteiger partial charge in [-0.3, -0.25) is 9.59 Å². The fraction of sp³-hybridized carbons (Fsp3) is 0.500. The standard InChI is InChI=1S/C12H15NO5/c1-2-17-10-7-16-6-8(10)13-12(15)11(14)9-4-3-5-18-9/h3-5,8,10H,2,6-7H2,1H3,(H,13,15)/t8-,10-/m1/s1. The largest absolute Gasteiger partial charge is 0.461 e. The third kappa shape index (κ3) is 2.77. The second-order valence-corrected chi connectivity index (χ2v) is 3.92. The van der Waals surface area contributed by atoms with Gasteiger partial charge in [0.2, 0.25) is 0 Å². The maximum atomic E-state index is 11.7. The Morgan fingerprint density at radius 1 is 1.50 bits per heavy atom. The lowest BCUT2D eigenvalue weighted by Crippen LogP contribution is -2.46. The van der Waals surface area contributed by atoms with Crippen LogP contribution < -0.4 is 5.32 Å². The van der Waals surface area contributed by atoms with E-state index >= 15 is 0 Å². The van der Waals surface area contributed by atoms with Crippen LogP contribution in [0.2, 0.25) is 0 Å². The number of ether oxygens (including phenoxy) is 2. The number of carbonyl (C=O) groups is 2. The van der Waals surface area contributed by atoms with Gasteiger partial charge in [-0.15, -0.1) is 0 Å². The molecule has 1 fully saturated rings. The van der Waals surface area contributed by atoms with E-state index in [0.29, 0.717) is 19.8 Å². The van der Waals surface area contributed by atoms with Crippen LogP contribution in [0.25, 0.3) is 0 Å². The van der Waals surface area contributed by atoms with E-state index in [1.165, 1.54) is 12.3 Å². The summed E-state index contributed by atoms with van der Waals surface area (Å²) in [6.07, 6.45) is 1.14. The molecule has 0 unspecified atom stereocenters. The van der Waals surface area contributed by atoms with Crippen LogP contribution in [0.5, 0.6) is 0 Å². The first kappa shape index (κ1) is 12.8. The smallest absolute Gasteiger partial charge is 0.296 e. The van der Waals surface area contributed by atoms with Crippen molar-refractivity contribution in [3.63, 3.8) is 0 Å². The fourth-order valence-corrected chi connectivity index (χ4v) is 1.80. The molecule has 0 aromatic carbocycles. The van der Waals surface area contributed by atoms with Crippen LogP contribution in [0, 0.1) is 0 Å². The number of amides is 1. The third-order valence-electron chi connectivity index (χ3n) is 2.68. The van der Waals surface area contributed by atoms with E-state index in [9.17, 15) is 9.59 Å². The zero-order valence-electron chi connectivity index (χ0n) is 10.0. The number of furan rings is 1. The Kier molecular flexibility index (Phi) is 4.11. The van der Waals surface area contributed by atoms with Crippen LogP contribution in [0.15, 0.2) is 22.8 Å². The summed E-state index contributed by atoms with van der Waals surface area (Å²) >= 11 is 0. The van der Waals surface area contributed by atoms with Gasteiger partial charge in [0.1, 0.15) is 6.10 Å². The monoisotopic (exact) mass is 253 g/mol. The predicted octanol–water partition coefficient (Wildman–Crippen LogP) is 0.382. The molecule has 1 aromatic rings. The van der Waals surface area contributed by atoms with E-state index in [2.05, 4.69) is 5.32 Å². The van der Waals surface area contributed by atoms with Gasteiger partial charge in [0.25, 0.3) is 11.7 Å². The molecule has 2 rings (SSSR count). The predicted molar refractivity (Wildman–Crippen MR) is 61.2 cm³/mol. The molecule has 98 valence electrons. The summed E-state index contributed by atoms with van der Waals surface area (Å²) in [6, 6.07) is 2.71. The molecule has 0 saturated carbocycles. The first-order valence-corrected chi connectivity index (χ1v) is 5.80.